The number of aliphatic carboxylic acids is 1. The summed E-state index contributed by atoms with van der Waals surface area (Å²) in [6.45, 7) is 0.373. The molecule has 1 aromatic rings. The van der Waals surface area contributed by atoms with Crippen molar-refractivity contribution < 1.29 is 19.4 Å². The fourth-order valence-electron chi connectivity index (χ4n) is 2.98. The maximum atomic E-state index is 12.5. The van der Waals surface area contributed by atoms with Gasteiger partial charge in [0, 0.05) is 18.1 Å². The maximum absolute atomic E-state index is 12.5. The number of hydrogen-bond donors (Lipinski definition) is 2. The summed E-state index contributed by atoms with van der Waals surface area (Å²) in [7, 11) is 1.59. The van der Waals surface area contributed by atoms with E-state index >= 15 is 0 Å². The lowest BCUT2D eigenvalue weighted by Crippen LogP contribution is -2.38. The molecule has 1 aromatic carbocycles. The van der Waals surface area contributed by atoms with Crippen molar-refractivity contribution >= 4 is 23.5 Å². The van der Waals surface area contributed by atoms with E-state index in [2.05, 4.69) is 5.32 Å². The Kier molecular flexibility index (Phi) is 6.42. The molecule has 6 heteroatoms. The molecular weight excluding hydrogens is 318 g/mol. The van der Waals surface area contributed by atoms with Gasteiger partial charge in [0.25, 0.3) is 0 Å². The molecule has 1 amide bonds. The molecule has 5 nitrogen and oxygen atoms in total. The Morgan fingerprint density at radius 3 is 2.30 bits per heavy atom. The first-order chi connectivity index (χ1) is 11.0. The Balaban J connectivity index is 1.96. The first kappa shape index (κ1) is 17.8. The SMILES string of the molecule is COCC(NC(=O)C1CCC(C(=O)O)CC1)c1ccc(Cl)cc1. The second-order valence-corrected chi connectivity index (χ2v) is 6.39. The molecule has 2 N–H and O–H groups in total. The maximum Gasteiger partial charge on any atom is 0.306 e. The molecule has 0 heterocycles. The zero-order valence-corrected chi connectivity index (χ0v) is 13.9. The van der Waals surface area contributed by atoms with Crippen molar-refractivity contribution in [2.24, 2.45) is 11.8 Å². The van der Waals surface area contributed by atoms with E-state index < -0.39 is 5.97 Å². The molecule has 2 rings (SSSR count). The van der Waals surface area contributed by atoms with Gasteiger partial charge >= 0.3 is 5.97 Å². The Labute approximate surface area is 141 Å². The van der Waals surface area contributed by atoms with Crippen LogP contribution in [-0.2, 0) is 14.3 Å². The average Bonchev–Trinajstić information content (AvgIpc) is 2.55. The number of carboxylic acids is 1. The van der Waals surface area contributed by atoms with Gasteiger partial charge in [-0.1, -0.05) is 23.7 Å². The quantitative estimate of drug-likeness (QED) is 0.835. The van der Waals surface area contributed by atoms with Gasteiger partial charge in [0.15, 0.2) is 0 Å². The van der Waals surface area contributed by atoms with Gasteiger partial charge in [-0.25, -0.2) is 0 Å². The number of hydrogen-bond acceptors (Lipinski definition) is 3. The van der Waals surface area contributed by atoms with Crippen LogP contribution in [0.1, 0.15) is 37.3 Å². The minimum atomic E-state index is -0.762. The second kappa shape index (κ2) is 8.31. The molecule has 0 aromatic heterocycles. The minimum Gasteiger partial charge on any atom is -0.481 e. The van der Waals surface area contributed by atoms with E-state index in [0.29, 0.717) is 37.3 Å². The average molecular weight is 340 g/mol. The molecule has 23 heavy (non-hydrogen) atoms. The zero-order valence-electron chi connectivity index (χ0n) is 13.1. The van der Waals surface area contributed by atoms with Crippen LogP contribution in [-0.4, -0.2) is 30.7 Å². The molecular formula is C17H22ClNO4. The van der Waals surface area contributed by atoms with Crippen LogP contribution in [0.5, 0.6) is 0 Å². The Morgan fingerprint density at radius 1 is 1.22 bits per heavy atom. The fourth-order valence-corrected chi connectivity index (χ4v) is 3.10. The standard InChI is InChI=1S/C17H22ClNO4/c1-23-10-15(11-6-8-14(18)9-7-11)19-16(20)12-2-4-13(5-3-12)17(21)22/h6-9,12-13,15H,2-5,10H2,1H3,(H,19,20)(H,21,22). The molecule has 0 aliphatic heterocycles. The van der Waals surface area contributed by atoms with Gasteiger partial charge in [-0.15, -0.1) is 0 Å². The van der Waals surface area contributed by atoms with Gasteiger partial charge in [-0.3, -0.25) is 9.59 Å². The number of methoxy groups -OCH3 is 1. The Morgan fingerprint density at radius 2 is 1.78 bits per heavy atom. The summed E-state index contributed by atoms with van der Waals surface area (Å²) in [6, 6.07) is 7.07. The van der Waals surface area contributed by atoms with Crippen molar-refractivity contribution in [1.29, 1.82) is 0 Å². The molecule has 0 saturated heterocycles. The highest BCUT2D eigenvalue weighted by molar-refractivity contribution is 6.30. The van der Waals surface area contributed by atoms with Crippen molar-refractivity contribution in [3.63, 3.8) is 0 Å². The van der Waals surface area contributed by atoms with Crippen molar-refractivity contribution in [1.82, 2.24) is 5.32 Å². The molecule has 126 valence electrons. The third-order valence-electron chi connectivity index (χ3n) is 4.37. The number of carbonyl (C=O) groups excluding carboxylic acids is 1. The van der Waals surface area contributed by atoms with Crippen LogP contribution >= 0.6 is 11.6 Å². The Hall–Kier alpha value is -1.59. The van der Waals surface area contributed by atoms with E-state index in [-0.39, 0.29) is 23.8 Å². The predicted molar refractivity (Wildman–Crippen MR) is 87.3 cm³/mol. The summed E-state index contributed by atoms with van der Waals surface area (Å²) in [5.41, 5.74) is 0.934. The number of carboxylic acid groups (broad SMARTS) is 1. The molecule has 0 spiro atoms. The predicted octanol–water partition coefficient (Wildman–Crippen LogP) is 3.03. The molecule has 0 radical (unpaired) electrons. The molecule has 1 aliphatic rings. The number of rotatable bonds is 6. The highest BCUT2D eigenvalue weighted by Crippen LogP contribution is 2.29. The number of amides is 1. The number of carbonyl (C=O) groups is 2. The van der Waals surface area contributed by atoms with E-state index in [4.69, 9.17) is 21.4 Å². The van der Waals surface area contributed by atoms with Gasteiger partial charge in [0.05, 0.1) is 18.6 Å². The van der Waals surface area contributed by atoms with Crippen LogP contribution in [0.25, 0.3) is 0 Å². The van der Waals surface area contributed by atoms with Crippen molar-refractivity contribution in [3.05, 3.63) is 34.9 Å². The number of ether oxygens (including phenoxy) is 1. The number of nitrogens with one attached hydrogen (secondary N) is 1. The molecule has 1 fully saturated rings. The summed E-state index contributed by atoms with van der Waals surface area (Å²) in [6.07, 6.45) is 2.35. The van der Waals surface area contributed by atoms with Crippen LogP contribution in [0.3, 0.4) is 0 Å². The summed E-state index contributed by atoms with van der Waals surface area (Å²) in [4.78, 5) is 23.4. The lowest BCUT2D eigenvalue weighted by atomic mass is 9.81. The largest absolute Gasteiger partial charge is 0.481 e. The van der Waals surface area contributed by atoms with Crippen molar-refractivity contribution in [2.45, 2.75) is 31.7 Å². The number of halogens is 1. The topological polar surface area (TPSA) is 75.6 Å². The summed E-state index contributed by atoms with van der Waals surface area (Å²) < 4.78 is 5.20. The third kappa shape index (κ3) is 4.94. The van der Waals surface area contributed by atoms with Crippen LogP contribution in [0, 0.1) is 11.8 Å². The number of benzene rings is 1. The van der Waals surface area contributed by atoms with Crippen LogP contribution in [0.4, 0.5) is 0 Å². The van der Waals surface area contributed by atoms with Gasteiger partial charge < -0.3 is 15.2 Å². The third-order valence-corrected chi connectivity index (χ3v) is 4.62. The molecule has 1 unspecified atom stereocenters. The summed E-state index contributed by atoms with van der Waals surface area (Å²) >= 11 is 5.89. The minimum absolute atomic E-state index is 0.0363. The van der Waals surface area contributed by atoms with Crippen molar-refractivity contribution in [3.8, 4) is 0 Å². The van der Waals surface area contributed by atoms with Crippen molar-refractivity contribution in [2.75, 3.05) is 13.7 Å². The Bertz CT molecular complexity index is 538. The lowest BCUT2D eigenvalue weighted by molar-refractivity contribution is -0.144. The highest BCUT2D eigenvalue weighted by atomic mass is 35.5. The molecule has 1 aliphatic carbocycles. The van der Waals surface area contributed by atoms with E-state index in [1.807, 2.05) is 12.1 Å². The van der Waals surface area contributed by atoms with Gasteiger partial charge in [0.1, 0.15) is 0 Å². The zero-order chi connectivity index (χ0) is 16.8. The lowest BCUT2D eigenvalue weighted by Gasteiger charge is -2.27. The van der Waals surface area contributed by atoms with E-state index in [1.54, 1.807) is 19.2 Å². The van der Waals surface area contributed by atoms with E-state index in [0.717, 1.165) is 5.56 Å². The van der Waals surface area contributed by atoms with Crippen LogP contribution in [0.15, 0.2) is 24.3 Å². The second-order valence-electron chi connectivity index (χ2n) is 5.95. The van der Waals surface area contributed by atoms with Gasteiger partial charge in [0.2, 0.25) is 5.91 Å². The van der Waals surface area contributed by atoms with Crippen LogP contribution < -0.4 is 5.32 Å². The monoisotopic (exact) mass is 339 g/mol. The smallest absolute Gasteiger partial charge is 0.306 e. The van der Waals surface area contributed by atoms with E-state index in [1.165, 1.54) is 0 Å². The molecule has 0 bridgehead atoms. The normalized spacial score (nSPS) is 22.3. The van der Waals surface area contributed by atoms with Gasteiger partial charge in [-0.05, 0) is 43.4 Å². The van der Waals surface area contributed by atoms with Gasteiger partial charge in [-0.2, -0.15) is 0 Å². The van der Waals surface area contributed by atoms with E-state index in [9.17, 15) is 9.59 Å². The highest BCUT2D eigenvalue weighted by Gasteiger charge is 2.30. The molecule has 1 atom stereocenters. The fraction of sp³-hybridized carbons (Fsp3) is 0.529. The first-order valence-electron chi connectivity index (χ1n) is 7.79. The first-order valence-corrected chi connectivity index (χ1v) is 8.16. The molecule has 1 saturated carbocycles. The summed E-state index contributed by atoms with van der Waals surface area (Å²) in [5.74, 6) is -1.24. The van der Waals surface area contributed by atoms with Crippen LogP contribution in [0.2, 0.25) is 5.02 Å². The summed E-state index contributed by atoms with van der Waals surface area (Å²) in [5, 5.41) is 12.7.